The molecule has 0 aromatic heterocycles. The highest BCUT2D eigenvalue weighted by Crippen LogP contribution is 2.29. The number of aliphatic hydroxyl groups excluding tert-OH is 1. The fraction of sp³-hybridized carbons (Fsp3) is 0.412. The largest absolute Gasteiger partial charge is 0.493 e. The zero-order valence-electron chi connectivity index (χ0n) is 25.4. The molecule has 2 unspecified atom stereocenters. The van der Waals surface area contributed by atoms with Crippen molar-refractivity contribution in [2.45, 2.75) is 64.4 Å². The van der Waals surface area contributed by atoms with Gasteiger partial charge in [-0.15, -0.1) is 0 Å². The lowest BCUT2D eigenvalue weighted by atomic mass is 9.99. The average molecular weight is 630 g/mol. The van der Waals surface area contributed by atoms with E-state index in [-0.39, 0.29) is 31.0 Å². The van der Waals surface area contributed by atoms with Crippen LogP contribution in [0.2, 0.25) is 0 Å². The van der Waals surface area contributed by atoms with Gasteiger partial charge in [-0.3, -0.25) is 9.59 Å². The minimum Gasteiger partial charge on any atom is -0.493 e. The quantitative estimate of drug-likeness (QED) is 0.293. The topological polar surface area (TPSA) is 90.9 Å². The van der Waals surface area contributed by atoms with Crippen molar-refractivity contribution < 1.29 is 37.0 Å². The number of fused-ring (bicyclic) bond motifs is 4. The number of alkyl halides is 3. The smallest absolute Gasteiger partial charge is 0.416 e. The second kappa shape index (κ2) is 15.4. The average Bonchev–Trinajstić information content (AvgIpc) is 2.98. The van der Waals surface area contributed by atoms with E-state index in [9.17, 15) is 32.3 Å². The van der Waals surface area contributed by atoms with Gasteiger partial charge in [0.05, 0.1) is 24.3 Å². The lowest BCUT2D eigenvalue weighted by molar-refractivity contribution is -0.137. The number of rotatable bonds is 7. The van der Waals surface area contributed by atoms with Crippen LogP contribution in [-0.4, -0.2) is 60.2 Å². The zero-order chi connectivity index (χ0) is 32.6. The maximum absolute atomic E-state index is 14.6. The predicted octanol–water partition coefficient (Wildman–Crippen LogP) is 5.67. The van der Waals surface area contributed by atoms with Crippen molar-refractivity contribution in [1.82, 2.24) is 15.5 Å². The van der Waals surface area contributed by atoms with Gasteiger partial charge < -0.3 is 25.4 Å². The van der Waals surface area contributed by atoms with E-state index in [1.165, 1.54) is 30.3 Å². The number of aryl methyl sites for hydroxylation is 1. The Kier molecular flexibility index (Phi) is 11.6. The number of nitrogens with one attached hydrogen (secondary N) is 2. The van der Waals surface area contributed by atoms with E-state index in [1.807, 2.05) is 6.92 Å². The number of benzene rings is 3. The summed E-state index contributed by atoms with van der Waals surface area (Å²) in [4.78, 5) is 28.8. The number of hydrogen-bond donors (Lipinski definition) is 3. The highest BCUT2D eigenvalue weighted by Gasteiger charge is 2.30. The molecule has 1 heterocycles. The molecule has 3 aromatic carbocycles. The summed E-state index contributed by atoms with van der Waals surface area (Å²) in [6.45, 7) is 5.09. The van der Waals surface area contributed by atoms with Crippen LogP contribution < -0.4 is 15.4 Å². The van der Waals surface area contributed by atoms with Crippen LogP contribution in [0.1, 0.15) is 69.2 Å². The summed E-state index contributed by atoms with van der Waals surface area (Å²) in [7, 11) is 0. The molecule has 3 aromatic rings. The third kappa shape index (κ3) is 9.76. The van der Waals surface area contributed by atoms with Gasteiger partial charge in [-0.2, -0.15) is 13.2 Å². The zero-order valence-corrected chi connectivity index (χ0v) is 25.4. The van der Waals surface area contributed by atoms with E-state index in [2.05, 4.69) is 10.6 Å². The van der Waals surface area contributed by atoms with Crippen LogP contribution in [0, 0.1) is 12.7 Å². The molecule has 0 saturated heterocycles. The highest BCUT2D eigenvalue weighted by molar-refractivity contribution is 6.00. The van der Waals surface area contributed by atoms with E-state index < -0.39 is 35.6 Å². The Morgan fingerprint density at radius 1 is 1.07 bits per heavy atom. The summed E-state index contributed by atoms with van der Waals surface area (Å²) in [5.74, 6) is -0.955. The molecular formula is C34H39F4N3O4. The summed E-state index contributed by atoms with van der Waals surface area (Å²) in [6.07, 6.45) is -3.58. The summed E-state index contributed by atoms with van der Waals surface area (Å²) in [6, 6.07) is 13.1. The van der Waals surface area contributed by atoms with Crippen LogP contribution in [0.25, 0.3) is 0 Å². The fourth-order valence-electron chi connectivity index (χ4n) is 5.37. The van der Waals surface area contributed by atoms with Crippen LogP contribution in [0.15, 0.2) is 60.7 Å². The Hall–Kier alpha value is -3.96. The van der Waals surface area contributed by atoms with Crippen LogP contribution in [0.3, 0.4) is 0 Å². The molecule has 0 fully saturated rings. The van der Waals surface area contributed by atoms with Gasteiger partial charge in [-0.1, -0.05) is 25.1 Å². The maximum atomic E-state index is 14.6. The van der Waals surface area contributed by atoms with Crippen LogP contribution in [-0.2, 0) is 19.1 Å². The van der Waals surface area contributed by atoms with Gasteiger partial charge >= 0.3 is 6.18 Å². The third-order valence-corrected chi connectivity index (χ3v) is 7.56. The Balaban J connectivity index is 1.60. The van der Waals surface area contributed by atoms with Gasteiger partial charge in [0.1, 0.15) is 11.6 Å². The second-order valence-corrected chi connectivity index (χ2v) is 11.4. The summed E-state index contributed by atoms with van der Waals surface area (Å²) >= 11 is 0. The highest BCUT2D eigenvalue weighted by atomic mass is 19.4. The number of carbonyl (C=O) groups is 2. The number of halogens is 4. The molecule has 3 N–H and O–H groups in total. The Morgan fingerprint density at radius 3 is 2.60 bits per heavy atom. The third-order valence-electron chi connectivity index (χ3n) is 7.56. The Bertz CT molecular complexity index is 1480. The van der Waals surface area contributed by atoms with Crippen molar-refractivity contribution in [3.63, 3.8) is 0 Å². The SMILES string of the molecule is CCCN1CCCCOc2cc(F)cc(c2)CC(C(O)CNCc2cccc(C(F)(F)F)c2)NC(=O)c2cc(C)cc(c2)C1=O. The van der Waals surface area contributed by atoms with Crippen molar-refractivity contribution in [2.75, 3.05) is 26.2 Å². The standard InChI is InChI=1S/C34H39F4N3O4/c1-3-9-41-10-4-5-11-45-29-16-24(15-28(35)19-29)17-30(40-32(43)25-12-22(2)13-26(18-25)33(41)44)31(42)21-39-20-23-7-6-8-27(14-23)34(36,37)38/h6-8,12-16,18-19,30-31,39,42H,3-5,9-11,17,20-21H2,1-2H3,(H,40,43). The van der Waals surface area contributed by atoms with Gasteiger partial charge in [0.25, 0.3) is 11.8 Å². The second-order valence-electron chi connectivity index (χ2n) is 11.4. The minimum absolute atomic E-state index is 0.0359. The molecule has 0 aliphatic carbocycles. The predicted molar refractivity (Wildman–Crippen MR) is 163 cm³/mol. The molecule has 4 bridgehead atoms. The van der Waals surface area contributed by atoms with Crippen molar-refractivity contribution in [3.05, 3.63) is 99.9 Å². The molecule has 11 heteroatoms. The normalized spacial score (nSPS) is 17.3. The Labute approximate surface area is 260 Å². The lowest BCUT2D eigenvalue weighted by Gasteiger charge is -2.25. The summed E-state index contributed by atoms with van der Waals surface area (Å²) in [5.41, 5.74) is 1.39. The fourth-order valence-corrected chi connectivity index (χ4v) is 5.37. The van der Waals surface area contributed by atoms with E-state index in [4.69, 9.17) is 4.74 Å². The summed E-state index contributed by atoms with van der Waals surface area (Å²) < 4.78 is 59.8. The van der Waals surface area contributed by atoms with Crippen molar-refractivity contribution in [2.24, 2.45) is 0 Å². The van der Waals surface area contributed by atoms with E-state index >= 15 is 0 Å². The number of ether oxygens (including phenoxy) is 1. The van der Waals surface area contributed by atoms with E-state index in [1.54, 1.807) is 30.0 Å². The van der Waals surface area contributed by atoms with Gasteiger partial charge in [0.15, 0.2) is 0 Å². The number of hydrogen-bond acceptors (Lipinski definition) is 5. The van der Waals surface area contributed by atoms with E-state index in [0.717, 1.165) is 18.6 Å². The first kappa shape index (κ1) is 33.9. The first-order chi connectivity index (χ1) is 21.4. The van der Waals surface area contributed by atoms with Gasteiger partial charge in [0.2, 0.25) is 0 Å². The first-order valence-corrected chi connectivity index (χ1v) is 15.1. The first-order valence-electron chi connectivity index (χ1n) is 15.1. The minimum atomic E-state index is -4.48. The molecular weight excluding hydrogens is 590 g/mol. The Morgan fingerprint density at radius 2 is 1.84 bits per heavy atom. The molecule has 2 amide bonds. The van der Waals surface area contributed by atoms with Crippen LogP contribution in [0.4, 0.5) is 17.6 Å². The maximum Gasteiger partial charge on any atom is 0.416 e. The lowest BCUT2D eigenvalue weighted by Crippen LogP contribution is -2.48. The monoisotopic (exact) mass is 629 g/mol. The van der Waals surface area contributed by atoms with Gasteiger partial charge in [0, 0.05) is 43.4 Å². The van der Waals surface area contributed by atoms with Crippen molar-refractivity contribution in [1.29, 1.82) is 0 Å². The van der Waals surface area contributed by atoms with Crippen LogP contribution >= 0.6 is 0 Å². The number of nitrogens with zero attached hydrogens (tertiary/aromatic N) is 1. The molecule has 45 heavy (non-hydrogen) atoms. The summed E-state index contributed by atoms with van der Waals surface area (Å²) in [5, 5.41) is 17.0. The molecule has 242 valence electrons. The van der Waals surface area contributed by atoms with Crippen molar-refractivity contribution in [3.8, 4) is 5.75 Å². The number of amides is 2. The molecule has 1 aliphatic rings. The van der Waals surface area contributed by atoms with Gasteiger partial charge in [-0.25, -0.2) is 4.39 Å². The molecule has 0 spiro atoms. The van der Waals surface area contributed by atoms with Crippen LogP contribution in [0.5, 0.6) is 5.75 Å². The molecule has 1 aliphatic heterocycles. The number of aliphatic hydroxyl groups is 1. The molecule has 4 rings (SSSR count). The molecule has 0 saturated carbocycles. The molecule has 2 atom stereocenters. The molecule has 7 nitrogen and oxygen atoms in total. The molecule has 0 radical (unpaired) electrons. The van der Waals surface area contributed by atoms with E-state index in [0.29, 0.717) is 60.5 Å². The number of carbonyl (C=O) groups excluding carboxylic acids is 2. The van der Waals surface area contributed by atoms with Crippen molar-refractivity contribution >= 4 is 11.8 Å². The van der Waals surface area contributed by atoms with Gasteiger partial charge in [-0.05, 0) is 85.7 Å².